The van der Waals surface area contributed by atoms with E-state index in [0.717, 1.165) is 0 Å². The van der Waals surface area contributed by atoms with Crippen molar-refractivity contribution in [3.05, 3.63) is 12.3 Å². The Kier molecular flexibility index (Phi) is 1.55. The Hall–Kier alpha value is -0.790. The van der Waals surface area contributed by atoms with Gasteiger partial charge in [-0.3, -0.25) is 4.79 Å². The molecule has 0 radical (unpaired) electrons. The molecule has 0 saturated carbocycles. The standard InChI is InChI=1S/C8H12O2/c1-8(2,3)7-6(9)4-5-10-7/h4-5,7H,1-3H3. The Bertz CT molecular complexity index is 174. The molecule has 0 bridgehead atoms. The van der Waals surface area contributed by atoms with Crippen molar-refractivity contribution in [3.63, 3.8) is 0 Å². The monoisotopic (exact) mass is 140 g/mol. The summed E-state index contributed by atoms with van der Waals surface area (Å²) in [6, 6.07) is 0. The van der Waals surface area contributed by atoms with Gasteiger partial charge in [-0.25, -0.2) is 0 Å². The van der Waals surface area contributed by atoms with Crippen molar-refractivity contribution in [1.29, 1.82) is 0 Å². The van der Waals surface area contributed by atoms with Crippen LogP contribution in [0.4, 0.5) is 0 Å². The van der Waals surface area contributed by atoms with E-state index >= 15 is 0 Å². The molecule has 0 aliphatic carbocycles. The molecule has 10 heavy (non-hydrogen) atoms. The van der Waals surface area contributed by atoms with Crippen LogP contribution >= 0.6 is 0 Å². The van der Waals surface area contributed by atoms with Gasteiger partial charge in [0.2, 0.25) is 0 Å². The molecule has 0 fully saturated rings. The smallest absolute Gasteiger partial charge is 0.199 e. The number of rotatable bonds is 0. The number of carbonyl (C=O) groups is 1. The first-order chi connectivity index (χ1) is 4.52. The van der Waals surface area contributed by atoms with Gasteiger partial charge >= 0.3 is 0 Å². The van der Waals surface area contributed by atoms with E-state index in [1.54, 1.807) is 0 Å². The maximum absolute atomic E-state index is 11.0. The summed E-state index contributed by atoms with van der Waals surface area (Å²) in [6.45, 7) is 5.97. The van der Waals surface area contributed by atoms with Gasteiger partial charge < -0.3 is 4.74 Å². The lowest BCUT2D eigenvalue weighted by Gasteiger charge is -2.24. The fourth-order valence-electron chi connectivity index (χ4n) is 0.970. The van der Waals surface area contributed by atoms with E-state index in [1.807, 2.05) is 20.8 Å². The molecule has 0 N–H and O–H groups in total. The first kappa shape index (κ1) is 7.32. The van der Waals surface area contributed by atoms with Crippen LogP contribution < -0.4 is 0 Å². The van der Waals surface area contributed by atoms with Crippen LogP contribution in [0.3, 0.4) is 0 Å². The second kappa shape index (κ2) is 2.11. The van der Waals surface area contributed by atoms with Crippen LogP contribution in [0.15, 0.2) is 12.3 Å². The Morgan fingerprint density at radius 3 is 2.30 bits per heavy atom. The average molecular weight is 140 g/mol. The zero-order chi connectivity index (χ0) is 7.78. The molecule has 0 saturated heterocycles. The average Bonchev–Trinajstić information content (AvgIpc) is 2.11. The zero-order valence-corrected chi connectivity index (χ0v) is 6.55. The van der Waals surface area contributed by atoms with Crippen molar-refractivity contribution in [3.8, 4) is 0 Å². The number of ketones is 1. The largest absolute Gasteiger partial charge is 0.489 e. The van der Waals surface area contributed by atoms with Gasteiger partial charge in [0.15, 0.2) is 11.9 Å². The summed E-state index contributed by atoms with van der Waals surface area (Å²) >= 11 is 0. The molecule has 0 aromatic carbocycles. The highest BCUT2D eigenvalue weighted by atomic mass is 16.5. The zero-order valence-electron chi connectivity index (χ0n) is 6.55. The molecule has 0 amide bonds. The van der Waals surface area contributed by atoms with Crippen molar-refractivity contribution in [2.75, 3.05) is 0 Å². The molecule has 0 aromatic rings. The number of carbonyl (C=O) groups excluding carboxylic acids is 1. The van der Waals surface area contributed by atoms with Crippen molar-refractivity contribution in [2.45, 2.75) is 26.9 Å². The van der Waals surface area contributed by atoms with Crippen LogP contribution in [0.2, 0.25) is 0 Å². The van der Waals surface area contributed by atoms with E-state index in [2.05, 4.69) is 0 Å². The number of ether oxygens (including phenoxy) is 1. The van der Waals surface area contributed by atoms with Crippen LogP contribution in [0, 0.1) is 5.41 Å². The van der Waals surface area contributed by atoms with E-state index in [9.17, 15) is 4.79 Å². The van der Waals surface area contributed by atoms with E-state index in [4.69, 9.17) is 4.74 Å². The Morgan fingerprint density at radius 1 is 1.50 bits per heavy atom. The van der Waals surface area contributed by atoms with Crippen molar-refractivity contribution in [2.24, 2.45) is 5.41 Å². The Morgan fingerprint density at radius 2 is 2.10 bits per heavy atom. The lowest BCUT2D eigenvalue weighted by molar-refractivity contribution is -0.124. The van der Waals surface area contributed by atoms with Gasteiger partial charge in [-0.15, -0.1) is 0 Å². The predicted molar refractivity (Wildman–Crippen MR) is 38.5 cm³/mol. The summed E-state index contributed by atoms with van der Waals surface area (Å²) < 4.78 is 5.10. The second-order valence-electron chi connectivity index (χ2n) is 3.59. The molecule has 0 spiro atoms. The topological polar surface area (TPSA) is 26.3 Å². The minimum atomic E-state index is -0.271. The molecule has 2 heteroatoms. The summed E-state index contributed by atoms with van der Waals surface area (Å²) in [5.41, 5.74) is -0.0828. The SMILES string of the molecule is CC(C)(C)C1OC=CC1=O. The van der Waals surface area contributed by atoms with E-state index in [-0.39, 0.29) is 17.3 Å². The highest BCUT2D eigenvalue weighted by Crippen LogP contribution is 2.26. The van der Waals surface area contributed by atoms with Gasteiger partial charge in [-0.1, -0.05) is 20.8 Å². The summed E-state index contributed by atoms with van der Waals surface area (Å²) in [5.74, 6) is 0.0764. The third-order valence-corrected chi connectivity index (χ3v) is 1.49. The fourth-order valence-corrected chi connectivity index (χ4v) is 0.970. The summed E-state index contributed by atoms with van der Waals surface area (Å²) in [7, 11) is 0. The van der Waals surface area contributed by atoms with Gasteiger partial charge in [-0.2, -0.15) is 0 Å². The van der Waals surface area contributed by atoms with Crippen molar-refractivity contribution in [1.82, 2.24) is 0 Å². The number of hydrogen-bond acceptors (Lipinski definition) is 2. The third kappa shape index (κ3) is 1.20. The van der Waals surface area contributed by atoms with Crippen LogP contribution in [0.5, 0.6) is 0 Å². The second-order valence-corrected chi connectivity index (χ2v) is 3.59. The lowest BCUT2D eigenvalue weighted by Crippen LogP contribution is -2.31. The molecular formula is C8H12O2. The highest BCUT2D eigenvalue weighted by Gasteiger charge is 2.33. The Balaban J connectivity index is 2.69. The van der Waals surface area contributed by atoms with E-state index in [1.165, 1.54) is 12.3 Å². The van der Waals surface area contributed by atoms with Crippen molar-refractivity contribution < 1.29 is 9.53 Å². The first-order valence-electron chi connectivity index (χ1n) is 3.37. The molecule has 1 unspecified atom stereocenters. The van der Waals surface area contributed by atoms with Gasteiger partial charge in [0.1, 0.15) is 0 Å². The molecule has 1 rings (SSSR count). The summed E-state index contributed by atoms with van der Waals surface area (Å²) in [6.07, 6.45) is 2.68. The van der Waals surface area contributed by atoms with Gasteiger partial charge in [-0.05, 0) is 0 Å². The van der Waals surface area contributed by atoms with Crippen LogP contribution in [0.1, 0.15) is 20.8 Å². The summed E-state index contributed by atoms with van der Waals surface area (Å²) in [5, 5.41) is 0. The maximum Gasteiger partial charge on any atom is 0.199 e. The van der Waals surface area contributed by atoms with Gasteiger partial charge in [0, 0.05) is 11.5 Å². The maximum atomic E-state index is 11.0. The summed E-state index contributed by atoms with van der Waals surface area (Å²) in [4.78, 5) is 11.0. The van der Waals surface area contributed by atoms with Crippen LogP contribution in [-0.4, -0.2) is 11.9 Å². The van der Waals surface area contributed by atoms with Gasteiger partial charge in [0.25, 0.3) is 0 Å². The molecule has 56 valence electrons. The molecule has 2 nitrogen and oxygen atoms in total. The molecule has 1 heterocycles. The Labute approximate surface area is 60.9 Å². The van der Waals surface area contributed by atoms with Gasteiger partial charge in [0.05, 0.1) is 6.26 Å². The molecule has 1 aliphatic heterocycles. The van der Waals surface area contributed by atoms with Crippen molar-refractivity contribution >= 4 is 5.78 Å². The molecule has 1 aliphatic rings. The normalized spacial score (nSPS) is 25.1. The van der Waals surface area contributed by atoms with Crippen LogP contribution in [0.25, 0.3) is 0 Å². The highest BCUT2D eigenvalue weighted by molar-refractivity contribution is 5.95. The quantitative estimate of drug-likeness (QED) is 0.510. The molecule has 1 atom stereocenters. The minimum absolute atomic E-state index is 0.0764. The number of hydrogen-bond donors (Lipinski definition) is 0. The third-order valence-electron chi connectivity index (χ3n) is 1.49. The fraction of sp³-hybridized carbons (Fsp3) is 0.625. The molecule has 0 aromatic heterocycles. The molecular weight excluding hydrogens is 128 g/mol. The predicted octanol–water partition coefficient (Wildman–Crippen LogP) is 1.51. The van der Waals surface area contributed by atoms with Crippen LogP contribution in [-0.2, 0) is 9.53 Å². The first-order valence-corrected chi connectivity index (χ1v) is 3.37. The van der Waals surface area contributed by atoms with E-state index < -0.39 is 0 Å². The van der Waals surface area contributed by atoms with E-state index in [0.29, 0.717) is 0 Å². The lowest BCUT2D eigenvalue weighted by atomic mass is 9.87. The minimum Gasteiger partial charge on any atom is -0.489 e.